The molecule has 0 aliphatic rings. The molecule has 0 unspecified atom stereocenters. The van der Waals surface area contributed by atoms with E-state index in [0.717, 1.165) is 15.1 Å². The molecule has 1 heterocycles. The van der Waals surface area contributed by atoms with Crippen LogP contribution in [0.2, 0.25) is 0 Å². The first-order valence-electron chi connectivity index (χ1n) is 7.08. The fraction of sp³-hybridized carbons (Fsp3) is 0.188. The first kappa shape index (κ1) is 19.5. The van der Waals surface area contributed by atoms with E-state index in [0.29, 0.717) is 11.4 Å². The van der Waals surface area contributed by atoms with Gasteiger partial charge in [-0.3, -0.25) is 4.79 Å². The Balaban J connectivity index is 1.80. The van der Waals surface area contributed by atoms with Gasteiger partial charge in [-0.1, -0.05) is 17.9 Å². The highest BCUT2D eigenvalue weighted by Gasteiger charge is 2.14. The van der Waals surface area contributed by atoms with Crippen LogP contribution >= 0.6 is 27.3 Å². The van der Waals surface area contributed by atoms with Gasteiger partial charge in [-0.05, 0) is 40.2 Å². The molecule has 9 heteroatoms. The third-order valence-electron chi connectivity index (χ3n) is 2.75. The number of halogens is 1. The van der Waals surface area contributed by atoms with Gasteiger partial charge in [0.2, 0.25) is 5.91 Å². The molecule has 1 aromatic carbocycles. The second kappa shape index (κ2) is 9.01. The van der Waals surface area contributed by atoms with Crippen LogP contribution in [-0.4, -0.2) is 27.5 Å². The zero-order chi connectivity index (χ0) is 18.3. The van der Waals surface area contributed by atoms with Gasteiger partial charge in [-0.25, -0.2) is 8.42 Å². The largest absolute Gasteiger partial charge is 0.481 e. The fourth-order valence-electron chi connectivity index (χ4n) is 1.74. The van der Waals surface area contributed by atoms with Crippen LogP contribution in [0.1, 0.15) is 6.92 Å². The first-order chi connectivity index (χ1) is 11.9. The molecular formula is C16H15BrN2O4S2. The lowest BCUT2D eigenvalue weighted by molar-refractivity contribution is -0.114. The van der Waals surface area contributed by atoms with E-state index in [1.807, 2.05) is 0 Å². The van der Waals surface area contributed by atoms with Crippen LogP contribution in [0.4, 0.5) is 5.69 Å². The van der Waals surface area contributed by atoms with Crippen LogP contribution in [0.3, 0.4) is 0 Å². The lowest BCUT2D eigenvalue weighted by Crippen LogP contribution is -2.23. The maximum Gasteiger partial charge on any atom is 0.250 e. The zero-order valence-electron chi connectivity index (χ0n) is 13.2. The zero-order valence-corrected chi connectivity index (χ0v) is 16.4. The van der Waals surface area contributed by atoms with E-state index in [1.54, 1.807) is 30.3 Å². The molecule has 0 bridgehead atoms. The summed E-state index contributed by atoms with van der Waals surface area (Å²) in [4.78, 5) is 11.0. The summed E-state index contributed by atoms with van der Waals surface area (Å²) in [6, 6.07) is 10.1. The lowest BCUT2D eigenvalue weighted by Gasteiger charge is -2.05. The van der Waals surface area contributed by atoms with Crippen molar-refractivity contribution in [1.29, 1.82) is 0 Å². The van der Waals surface area contributed by atoms with E-state index in [1.165, 1.54) is 13.0 Å². The number of sulfonamides is 1. The van der Waals surface area contributed by atoms with Crippen molar-refractivity contribution >= 4 is 48.9 Å². The number of anilines is 1. The van der Waals surface area contributed by atoms with Gasteiger partial charge < -0.3 is 10.1 Å². The van der Waals surface area contributed by atoms with Crippen LogP contribution in [0.5, 0.6) is 5.75 Å². The molecule has 6 nitrogen and oxygen atoms in total. The number of amides is 1. The molecule has 2 aromatic rings. The molecule has 2 rings (SSSR count). The Kier molecular flexibility index (Phi) is 7.01. The van der Waals surface area contributed by atoms with Crippen molar-refractivity contribution in [1.82, 2.24) is 4.72 Å². The standard InChI is InChI=1S/C16H15BrN2O4S2/c1-12(20)19-13-5-4-6-14(11-13)23-10-3-2-9-18-25(21,22)16-8-7-15(17)24-16/h4-8,11,18H,9-10H2,1H3,(H,19,20). The molecule has 0 radical (unpaired) electrons. The lowest BCUT2D eigenvalue weighted by atomic mass is 10.3. The summed E-state index contributed by atoms with van der Waals surface area (Å²) in [6.45, 7) is 1.53. The first-order valence-corrected chi connectivity index (χ1v) is 10.2. The van der Waals surface area contributed by atoms with Gasteiger partial charge in [0, 0.05) is 18.7 Å². The quantitative estimate of drug-likeness (QED) is 0.673. The van der Waals surface area contributed by atoms with Crippen LogP contribution in [0.15, 0.2) is 44.4 Å². The van der Waals surface area contributed by atoms with Crippen molar-refractivity contribution in [3.05, 3.63) is 40.2 Å². The van der Waals surface area contributed by atoms with E-state index in [4.69, 9.17) is 4.74 Å². The maximum atomic E-state index is 12.0. The molecule has 0 aliphatic carbocycles. The minimum absolute atomic E-state index is 0.00680. The minimum Gasteiger partial charge on any atom is -0.481 e. The Bertz CT molecular complexity index is 913. The van der Waals surface area contributed by atoms with Gasteiger partial charge in [-0.15, -0.1) is 11.3 Å². The highest BCUT2D eigenvalue weighted by molar-refractivity contribution is 9.11. The summed E-state index contributed by atoms with van der Waals surface area (Å²) in [5.41, 5.74) is 0.632. The Morgan fingerprint density at radius 2 is 2.08 bits per heavy atom. The SMILES string of the molecule is CC(=O)Nc1cccc(OCC#CCNS(=O)(=O)c2ccc(Br)s2)c1. The van der Waals surface area contributed by atoms with Crippen LogP contribution in [0.25, 0.3) is 0 Å². The average Bonchev–Trinajstić information content (AvgIpc) is 2.98. The predicted molar refractivity (Wildman–Crippen MR) is 101 cm³/mol. The Morgan fingerprint density at radius 3 is 2.76 bits per heavy atom. The van der Waals surface area contributed by atoms with Crippen LogP contribution < -0.4 is 14.8 Å². The molecule has 0 atom stereocenters. The summed E-state index contributed by atoms with van der Waals surface area (Å²) < 4.78 is 32.8. The van der Waals surface area contributed by atoms with Gasteiger partial charge in [0.1, 0.15) is 16.6 Å². The summed E-state index contributed by atoms with van der Waals surface area (Å²) >= 11 is 4.35. The Hall–Kier alpha value is -1.86. The minimum atomic E-state index is -3.54. The second-order valence-corrected chi connectivity index (χ2v) is 9.19. The van der Waals surface area contributed by atoms with Gasteiger partial charge in [0.25, 0.3) is 10.0 Å². The molecule has 0 aliphatic heterocycles. The van der Waals surface area contributed by atoms with Crippen molar-refractivity contribution in [3.63, 3.8) is 0 Å². The number of thiophene rings is 1. The second-order valence-electron chi connectivity index (χ2n) is 4.73. The van der Waals surface area contributed by atoms with Crippen molar-refractivity contribution in [2.75, 3.05) is 18.5 Å². The van der Waals surface area contributed by atoms with Crippen molar-refractivity contribution in [2.24, 2.45) is 0 Å². The van der Waals surface area contributed by atoms with Crippen molar-refractivity contribution < 1.29 is 17.9 Å². The Labute approximate surface area is 158 Å². The molecule has 0 spiro atoms. The summed E-state index contributed by atoms with van der Waals surface area (Å²) in [5.74, 6) is 5.82. The van der Waals surface area contributed by atoms with Crippen LogP contribution in [0, 0.1) is 11.8 Å². The van der Waals surface area contributed by atoms with Gasteiger partial charge in [-0.2, -0.15) is 4.72 Å². The monoisotopic (exact) mass is 442 g/mol. The molecule has 2 N–H and O–H groups in total. The number of carbonyl (C=O) groups excluding carboxylic acids is 1. The predicted octanol–water partition coefficient (Wildman–Crippen LogP) is 2.83. The van der Waals surface area contributed by atoms with E-state index < -0.39 is 10.0 Å². The molecule has 0 fully saturated rings. The summed E-state index contributed by atoms with van der Waals surface area (Å²) in [7, 11) is -3.54. The van der Waals surface area contributed by atoms with Crippen molar-refractivity contribution in [3.8, 4) is 17.6 Å². The van der Waals surface area contributed by atoms with E-state index in [-0.39, 0.29) is 23.3 Å². The summed E-state index contributed by atoms with van der Waals surface area (Å²) in [6.07, 6.45) is 0. The molecule has 1 aromatic heterocycles. The maximum absolute atomic E-state index is 12.0. The highest BCUT2D eigenvalue weighted by Crippen LogP contribution is 2.25. The molecule has 132 valence electrons. The molecule has 25 heavy (non-hydrogen) atoms. The number of hydrogen-bond donors (Lipinski definition) is 2. The average molecular weight is 443 g/mol. The van der Waals surface area contributed by atoms with Gasteiger partial charge in [0.15, 0.2) is 0 Å². The summed E-state index contributed by atoms with van der Waals surface area (Å²) in [5, 5.41) is 2.66. The normalized spacial score (nSPS) is 10.6. The smallest absolute Gasteiger partial charge is 0.250 e. The number of hydrogen-bond acceptors (Lipinski definition) is 5. The van der Waals surface area contributed by atoms with E-state index in [9.17, 15) is 13.2 Å². The molecular weight excluding hydrogens is 428 g/mol. The van der Waals surface area contributed by atoms with E-state index >= 15 is 0 Å². The van der Waals surface area contributed by atoms with Crippen molar-refractivity contribution in [2.45, 2.75) is 11.1 Å². The third kappa shape index (κ3) is 6.51. The molecule has 0 saturated heterocycles. The van der Waals surface area contributed by atoms with E-state index in [2.05, 4.69) is 37.8 Å². The number of ether oxygens (including phenoxy) is 1. The molecule has 0 saturated carbocycles. The number of rotatable bonds is 6. The third-order valence-corrected chi connectivity index (χ3v) is 6.27. The van der Waals surface area contributed by atoms with Gasteiger partial charge >= 0.3 is 0 Å². The molecule has 1 amide bonds. The Morgan fingerprint density at radius 1 is 1.28 bits per heavy atom. The van der Waals surface area contributed by atoms with Gasteiger partial charge in [0.05, 0.1) is 10.3 Å². The number of benzene rings is 1. The topological polar surface area (TPSA) is 84.5 Å². The number of nitrogens with one attached hydrogen (secondary N) is 2. The number of carbonyl (C=O) groups is 1. The highest BCUT2D eigenvalue weighted by atomic mass is 79.9. The van der Waals surface area contributed by atoms with Crippen LogP contribution in [-0.2, 0) is 14.8 Å². The fourth-order valence-corrected chi connectivity index (χ4v) is 4.72.